The maximum atomic E-state index is 12.7. The average molecular weight is 333 g/mol. The molecule has 0 fully saturated rings. The molecule has 0 spiro atoms. The average Bonchev–Trinajstić information content (AvgIpc) is 3.12. The molecule has 4 rings (SSSR count). The van der Waals surface area contributed by atoms with E-state index in [1.807, 2.05) is 60.0 Å². The van der Waals surface area contributed by atoms with Gasteiger partial charge in [-0.25, -0.2) is 4.98 Å². The van der Waals surface area contributed by atoms with Crippen molar-refractivity contribution in [3.63, 3.8) is 0 Å². The van der Waals surface area contributed by atoms with Crippen LogP contribution in [0, 0.1) is 0 Å². The number of pyridine rings is 1. The molecule has 0 saturated heterocycles. The van der Waals surface area contributed by atoms with Gasteiger partial charge in [0, 0.05) is 34.6 Å². The van der Waals surface area contributed by atoms with Crippen molar-refractivity contribution in [2.75, 3.05) is 5.32 Å². The molecule has 0 unspecified atom stereocenters. The predicted molar refractivity (Wildman–Crippen MR) is 99.2 cm³/mol. The standard InChI is InChI=1S/C19H15N3OS/c23-19-15(12-17-20-10-11-24-17)18(21-13-6-2-1-3-7-13)14-8-4-5-9-16(14)22-19/h1-11H,12H2,(H2,21,22,23). The summed E-state index contributed by atoms with van der Waals surface area (Å²) < 4.78 is 0. The summed E-state index contributed by atoms with van der Waals surface area (Å²) in [4.78, 5) is 19.9. The zero-order chi connectivity index (χ0) is 16.4. The highest BCUT2D eigenvalue weighted by atomic mass is 32.1. The van der Waals surface area contributed by atoms with Gasteiger partial charge in [-0.15, -0.1) is 11.3 Å². The van der Waals surface area contributed by atoms with Crippen LogP contribution in [0.1, 0.15) is 10.6 Å². The van der Waals surface area contributed by atoms with Gasteiger partial charge in [0.25, 0.3) is 5.56 Å². The summed E-state index contributed by atoms with van der Waals surface area (Å²) in [5.74, 6) is 0. The number of rotatable bonds is 4. The van der Waals surface area contributed by atoms with E-state index in [4.69, 9.17) is 0 Å². The molecule has 0 amide bonds. The van der Waals surface area contributed by atoms with Crippen molar-refractivity contribution in [1.82, 2.24) is 9.97 Å². The van der Waals surface area contributed by atoms with Crippen molar-refractivity contribution in [3.05, 3.63) is 87.1 Å². The molecule has 24 heavy (non-hydrogen) atoms. The van der Waals surface area contributed by atoms with E-state index < -0.39 is 0 Å². The molecule has 5 heteroatoms. The number of H-pyrrole nitrogens is 1. The fourth-order valence-electron chi connectivity index (χ4n) is 2.75. The van der Waals surface area contributed by atoms with Gasteiger partial charge >= 0.3 is 0 Å². The number of anilines is 2. The summed E-state index contributed by atoms with van der Waals surface area (Å²) >= 11 is 1.56. The number of hydrogen-bond donors (Lipinski definition) is 2. The maximum Gasteiger partial charge on any atom is 0.254 e. The van der Waals surface area contributed by atoms with Crippen LogP contribution in [-0.2, 0) is 6.42 Å². The van der Waals surface area contributed by atoms with Crippen LogP contribution in [0.5, 0.6) is 0 Å². The van der Waals surface area contributed by atoms with Gasteiger partial charge in [-0.1, -0.05) is 36.4 Å². The number of nitrogens with zero attached hydrogens (tertiary/aromatic N) is 1. The number of nitrogens with one attached hydrogen (secondary N) is 2. The number of hydrogen-bond acceptors (Lipinski definition) is 4. The van der Waals surface area contributed by atoms with Crippen molar-refractivity contribution in [2.45, 2.75) is 6.42 Å². The summed E-state index contributed by atoms with van der Waals surface area (Å²) in [7, 11) is 0. The van der Waals surface area contributed by atoms with Crippen molar-refractivity contribution in [3.8, 4) is 0 Å². The third kappa shape index (κ3) is 2.81. The first-order chi connectivity index (χ1) is 11.8. The normalized spacial score (nSPS) is 10.8. The van der Waals surface area contributed by atoms with E-state index in [9.17, 15) is 4.79 Å². The second-order valence-electron chi connectivity index (χ2n) is 5.45. The first kappa shape index (κ1) is 14.7. The summed E-state index contributed by atoms with van der Waals surface area (Å²) in [6.07, 6.45) is 2.27. The Kier molecular flexibility index (Phi) is 3.84. The third-order valence-corrected chi connectivity index (χ3v) is 4.65. The van der Waals surface area contributed by atoms with Crippen molar-refractivity contribution >= 4 is 33.6 Å². The summed E-state index contributed by atoms with van der Waals surface area (Å²) in [6.45, 7) is 0. The lowest BCUT2D eigenvalue weighted by molar-refractivity contribution is 1.09. The highest BCUT2D eigenvalue weighted by molar-refractivity contribution is 7.09. The Hall–Kier alpha value is -2.92. The van der Waals surface area contributed by atoms with E-state index in [-0.39, 0.29) is 5.56 Å². The van der Waals surface area contributed by atoms with Crippen LogP contribution < -0.4 is 10.9 Å². The van der Waals surface area contributed by atoms with Crippen LogP contribution >= 0.6 is 11.3 Å². The Morgan fingerprint density at radius 3 is 2.62 bits per heavy atom. The first-order valence-electron chi connectivity index (χ1n) is 7.65. The molecular weight excluding hydrogens is 318 g/mol. The summed E-state index contributed by atoms with van der Waals surface area (Å²) in [5, 5.41) is 7.27. The Bertz CT molecular complexity index is 1020. The van der Waals surface area contributed by atoms with Gasteiger partial charge in [-0.2, -0.15) is 0 Å². The molecule has 0 radical (unpaired) electrons. The minimum Gasteiger partial charge on any atom is -0.355 e. The third-order valence-electron chi connectivity index (χ3n) is 3.88. The van der Waals surface area contributed by atoms with Gasteiger partial charge in [-0.3, -0.25) is 4.79 Å². The highest BCUT2D eigenvalue weighted by Crippen LogP contribution is 2.28. The molecule has 0 aliphatic carbocycles. The highest BCUT2D eigenvalue weighted by Gasteiger charge is 2.14. The molecule has 0 aliphatic rings. The zero-order valence-corrected chi connectivity index (χ0v) is 13.6. The van der Waals surface area contributed by atoms with Gasteiger partial charge in [-0.05, 0) is 18.2 Å². The molecule has 4 nitrogen and oxygen atoms in total. The van der Waals surface area contributed by atoms with E-state index >= 15 is 0 Å². The van der Waals surface area contributed by atoms with Gasteiger partial charge < -0.3 is 10.3 Å². The molecule has 0 bridgehead atoms. The Morgan fingerprint density at radius 2 is 1.83 bits per heavy atom. The van der Waals surface area contributed by atoms with Gasteiger partial charge in [0.2, 0.25) is 0 Å². The van der Waals surface area contributed by atoms with Crippen LogP contribution in [0.4, 0.5) is 11.4 Å². The Balaban J connectivity index is 1.90. The lowest BCUT2D eigenvalue weighted by atomic mass is 10.1. The van der Waals surface area contributed by atoms with E-state index in [2.05, 4.69) is 15.3 Å². The van der Waals surface area contributed by atoms with Crippen molar-refractivity contribution in [1.29, 1.82) is 0 Å². The van der Waals surface area contributed by atoms with Crippen LogP contribution in [0.25, 0.3) is 10.9 Å². The fraction of sp³-hybridized carbons (Fsp3) is 0.0526. The van der Waals surface area contributed by atoms with Crippen LogP contribution in [0.2, 0.25) is 0 Å². The number of aromatic nitrogens is 2. The topological polar surface area (TPSA) is 57.8 Å². The number of fused-ring (bicyclic) bond motifs is 1. The Morgan fingerprint density at radius 1 is 1.04 bits per heavy atom. The molecule has 2 N–H and O–H groups in total. The van der Waals surface area contributed by atoms with Gasteiger partial charge in [0.1, 0.15) is 0 Å². The monoisotopic (exact) mass is 333 g/mol. The number of aromatic amines is 1. The minimum atomic E-state index is -0.0812. The maximum absolute atomic E-state index is 12.7. The second-order valence-corrected chi connectivity index (χ2v) is 6.43. The SMILES string of the molecule is O=c1[nH]c2ccccc2c(Nc2ccccc2)c1Cc1nccs1. The molecular formula is C19H15N3OS. The molecule has 2 heterocycles. The molecule has 118 valence electrons. The zero-order valence-electron chi connectivity index (χ0n) is 12.8. The van der Waals surface area contributed by atoms with Crippen molar-refractivity contribution < 1.29 is 0 Å². The fourth-order valence-corrected chi connectivity index (χ4v) is 3.38. The number of benzene rings is 2. The minimum absolute atomic E-state index is 0.0812. The smallest absolute Gasteiger partial charge is 0.254 e. The van der Waals surface area contributed by atoms with Crippen LogP contribution in [0.3, 0.4) is 0 Å². The van der Waals surface area contributed by atoms with E-state index in [0.717, 1.165) is 27.3 Å². The van der Waals surface area contributed by atoms with Gasteiger partial charge in [0.05, 0.1) is 16.2 Å². The Labute approximate surface area is 142 Å². The molecule has 2 aromatic carbocycles. The van der Waals surface area contributed by atoms with Crippen LogP contribution in [0.15, 0.2) is 71.0 Å². The molecule has 4 aromatic rings. The van der Waals surface area contributed by atoms with E-state index in [0.29, 0.717) is 12.0 Å². The van der Waals surface area contributed by atoms with E-state index in [1.165, 1.54) is 0 Å². The van der Waals surface area contributed by atoms with Gasteiger partial charge in [0.15, 0.2) is 0 Å². The lowest BCUT2D eigenvalue weighted by Gasteiger charge is -2.14. The summed E-state index contributed by atoms with van der Waals surface area (Å²) in [5.41, 5.74) is 3.24. The number of thiazole rings is 1. The molecule has 0 aliphatic heterocycles. The van der Waals surface area contributed by atoms with Crippen molar-refractivity contribution in [2.24, 2.45) is 0 Å². The van der Waals surface area contributed by atoms with E-state index in [1.54, 1.807) is 17.5 Å². The molecule has 0 saturated carbocycles. The molecule has 2 aromatic heterocycles. The lowest BCUT2D eigenvalue weighted by Crippen LogP contribution is -2.16. The predicted octanol–water partition coefficient (Wildman–Crippen LogP) is 4.32. The first-order valence-corrected chi connectivity index (χ1v) is 8.53. The largest absolute Gasteiger partial charge is 0.355 e. The molecule has 0 atom stereocenters. The number of para-hydroxylation sites is 2. The van der Waals surface area contributed by atoms with Crippen LogP contribution in [-0.4, -0.2) is 9.97 Å². The second kappa shape index (κ2) is 6.29. The quantitative estimate of drug-likeness (QED) is 0.585. The summed E-state index contributed by atoms with van der Waals surface area (Å²) in [6, 6.07) is 17.7.